The van der Waals surface area contributed by atoms with Crippen molar-refractivity contribution in [3.8, 4) is 11.5 Å². The van der Waals surface area contributed by atoms with Crippen LogP contribution in [0.15, 0.2) is 42.5 Å². The third-order valence-corrected chi connectivity index (χ3v) is 3.16. The van der Waals surface area contributed by atoms with Crippen molar-refractivity contribution in [1.82, 2.24) is 0 Å². The van der Waals surface area contributed by atoms with Gasteiger partial charge in [-0.15, -0.1) is 0 Å². The molecule has 0 fully saturated rings. The SMILES string of the molecule is COc1cccc(C(=O)C(C)Oc2cccc(Cl)c2)c1F. The van der Waals surface area contributed by atoms with E-state index in [1.807, 2.05) is 0 Å². The van der Waals surface area contributed by atoms with Crippen molar-refractivity contribution in [2.75, 3.05) is 7.11 Å². The third kappa shape index (κ3) is 3.52. The number of rotatable bonds is 5. The molecule has 0 spiro atoms. The van der Waals surface area contributed by atoms with E-state index in [0.717, 1.165) is 0 Å². The van der Waals surface area contributed by atoms with Crippen molar-refractivity contribution >= 4 is 17.4 Å². The summed E-state index contributed by atoms with van der Waals surface area (Å²) in [5.74, 6) is -0.680. The molecule has 0 amide bonds. The maximum Gasteiger partial charge on any atom is 0.206 e. The van der Waals surface area contributed by atoms with Crippen LogP contribution in [0.2, 0.25) is 5.02 Å². The van der Waals surface area contributed by atoms with Gasteiger partial charge in [0.25, 0.3) is 0 Å². The largest absolute Gasteiger partial charge is 0.494 e. The molecule has 0 saturated heterocycles. The molecule has 2 aromatic carbocycles. The number of methoxy groups -OCH3 is 1. The molecule has 0 aliphatic carbocycles. The number of ether oxygens (including phenoxy) is 2. The molecule has 0 heterocycles. The van der Waals surface area contributed by atoms with E-state index in [1.54, 1.807) is 37.3 Å². The molecule has 110 valence electrons. The second-order valence-electron chi connectivity index (χ2n) is 4.40. The summed E-state index contributed by atoms with van der Waals surface area (Å²) in [6.45, 7) is 1.56. The molecular weight excluding hydrogens is 295 g/mol. The Morgan fingerprint density at radius 3 is 2.62 bits per heavy atom. The Morgan fingerprint density at radius 1 is 1.24 bits per heavy atom. The second kappa shape index (κ2) is 6.59. The molecule has 21 heavy (non-hydrogen) atoms. The van der Waals surface area contributed by atoms with E-state index >= 15 is 0 Å². The van der Waals surface area contributed by atoms with Gasteiger partial charge < -0.3 is 9.47 Å². The van der Waals surface area contributed by atoms with Gasteiger partial charge in [-0.05, 0) is 37.3 Å². The molecule has 0 aliphatic rings. The van der Waals surface area contributed by atoms with Crippen molar-refractivity contribution in [2.24, 2.45) is 0 Å². The first-order chi connectivity index (χ1) is 10.0. The Balaban J connectivity index is 2.20. The number of benzene rings is 2. The fraction of sp³-hybridized carbons (Fsp3) is 0.188. The molecule has 0 aliphatic heterocycles. The lowest BCUT2D eigenvalue weighted by atomic mass is 10.1. The zero-order chi connectivity index (χ0) is 15.4. The van der Waals surface area contributed by atoms with Crippen LogP contribution in [-0.2, 0) is 0 Å². The number of ketones is 1. The molecule has 0 saturated carbocycles. The predicted octanol–water partition coefficient (Wildman–Crippen LogP) is 4.14. The Labute approximate surface area is 127 Å². The first-order valence-corrected chi connectivity index (χ1v) is 6.69. The molecule has 0 radical (unpaired) electrons. The molecule has 0 N–H and O–H groups in total. The van der Waals surface area contributed by atoms with Crippen molar-refractivity contribution in [1.29, 1.82) is 0 Å². The number of Topliss-reactive ketones (excluding diaryl/α,β-unsaturated/α-hetero) is 1. The number of carbonyl (C=O) groups excluding carboxylic acids is 1. The highest BCUT2D eigenvalue weighted by molar-refractivity contribution is 6.30. The molecule has 5 heteroatoms. The van der Waals surface area contributed by atoms with E-state index in [4.69, 9.17) is 21.1 Å². The summed E-state index contributed by atoms with van der Waals surface area (Å²) in [6.07, 6.45) is -0.843. The monoisotopic (exact) mass is 308 g/mol. The van der Waals surface area contributed by atoms with Gasteiger partial charge in [0.15, 0.2) is 17.7 Å². The summed E-state index contributed by atoms with van der Waals surface area (Å²) in [5, 5.41) is 0.500. The Hall–Kier alpha value is -2.07. The molecule has 3 nitrogen and oxygen atoms in total. The first-order valence-electron chi connectivity index (χ1n) is 6.32. The van der Waals surface area contributed by atoms with Crippen LogP contribution in [0.25, 0.3) is 0 Å². The predicted molar refractivity (Wildman–Crippen MR) is 78.8 cm³/mol. The smallest absolute Gasteiger partial charge is 0.206 e. The fourth-order valence-electron chi connectivity index (χ4n) is 1.88. The quantitative estimate of drug-likeness (QED) is 0.779. The van der Waals surface area contributed by atoms with E-state index in [9.17, 15) is 9.18 Å². The highest BCUT2D eigenvalue weighted by Gasteiger charge is 2.22. The lowest BCUT2D eigenvalue weighted by Crippen LogP contribution is -2.25. The molecule has 0 aromatic heterocycles. The lowest BCUT2D eigenvalue weighted by Gasteiger charge is -2.15. The fourth-order valence-corrected chi connectivity index (χ4v) is 2.06. The van der Waals surface area contributed by atoms with Crippen LogP contribution < -0.4 is 9.47 Å². The molecule has 2 rings (SSSR count). The Bertz CT molecular complexity index is 658. The minimum atomic E-state index is -0.843. The summed E-state index contributed by atoms with van der Waals surface area (Å²) in [5.41, 5.74) is -0.0659. The van der Waals surface area contributed by atoms with Gasteiger partial charge in [-0.3, -0.25) is 4.79 Å². The Morgan fingerprint density at radius 2 is 1.95 bits per heavy atom. The van der Waals surface area contributed by atoms with Gasteiger partial charge in [-0.25, -0.2) is 4.39 Å². The zero-order valence-corrected chi connectivity index (χ0v) is 12.4. The maximum atomic E-state index is 14.1. The summed E-state index contributed by atoms with van der Waals surface area (Å²) < 4.78 is 24.4. The highest BCUT2D eigenvalue weighted by Crippen LogP contribution is 2.23. The van der Waals surface area contributed by atoms with Crippen molar-refractivity contribution in [3.05, 3.63) is 58.9 Å². The minimum Gasteiger partial charge on any atom is -0.494 e. The third-order valence-electron chi connectivity index (χ3n) is 2.93. The zero-order valence-electron chi connectivity index (χ0n) is 11.6. The van der Waals surface area contributed by atoms with Crippen LogP contribution in [-0.4, -0.2) is 19.0 Å². The summed E-state index contributed by atoms with van der Waals surface area (Å²) in [7, 11) is 1.35. The normalized spacial score (nSPS) is 11.8. The van der Waals surface area contributed by atoms with Gasteiger partial charge in [0.1, 0.15) is 5.75 Å². The van der Waals surface area contributed by atoms with E-state index in [-0.39, 0.29) is 11.3 Å². The van der Waals surface area contributed by atoms with Crippen molar-refractivity contribution in [3.63, 3.8) is 0 Å². The van der Waals surface area contributed by atoms with Crippen molar-refractivity contribution < 1.29 is 18.7 Å². The summed E-state index contributed by atoms with van der Waals surface area (Å²) >= 11 is 5.85. The average molecular weight is 309 g/mol. The molecular formula is C16H14ClFO3. The van der Waals surface area contributed by atoms with Crippen LogP contribution in [0.4, 0.5) is 4.39 Å². The maximum absolute atomic E-state index is 14.1. The highest BCUT2D eigenvalue weighted by atomic mass is 35.5. The topological polar surface area (TPSA) is 35.5 Å². The molecule has 1 unspecified atom stereocenters. The van der Waals surface area contributed by atoms with Gasteiger partial charge in [0.2, 0.25) is 5.78 Å². The summed E-state index contributed by atoms with van der Waals surface area (Å²) in [6, 6.07) is 11.1. The van der Waals surface area contributed by atoms with Crippen molar-refractivity contribution in [2.45, 2.75) is 13.0 Å². The van der Waals surface area contributed by atoms with Crippen LogP contribution in [0.1, 0.15) is 17.3 Å². The van der Waals surface area contributed by atoms with E-state index in [2.05, 4.69) is 0 Å². The van der Waals surface area contributed by atoms with Crippen LogP contribution in [0.5, 0.6) is 11.5 Å². The van der Waals surface area contributed by atoms with E-state index in [1.165, 1.54) is 19.2 Å². The van der Waals surface area contributed by atoms with E-state index in [0.29, 0.717) is 10.8 Å². The Kier molecular flexibility index (Phi) is 4.81. The first kappa shape index (κ1) is 15.3. The van der Waals surface area contributed by atoms with Crippen LogP contribution in [0, 0.1) is 5.82 Å². The number of hydrogen-bond donors (Lipinski definition) is 0. The molecule has 2 aromatic rings. The van der Waals surface area contributed by atoms with E-state index < -0.39 is 17.7 Å². The number of carbonyl (C=O) groups is 1. The second-order valence-corrected chi connectivity index (χ2v) is 4.84. The molecule has 0 bridgehead atoms. The minimum absolute atomic E-state index is 0.0239. The number of halogens is 2. The standard InChI is InChI=1S/C16H14ClFO3/c1-10(21-12-6-3-5-11(17)9-12)16(19)13-7-4-8-14(20-2)15(13)18/h3-10H,1-2H3. The van der Waals surface area contributed by atoms with Crippen LogP contribution >= 0.6 is 11.6 Å². The van der Waals surface area contributed by atoms with Gasteiger partial charge in [-0.1, -0.05) is 23.7 Å². The van der Waals surface area contributed by atoms with Gasteiger partial charge >= 0.3 is 0 Å². The van der Waals surface area contributed by atoms with Gasteiger partial charge in [-0.2, -0.15) is 0 Å². The molecule has 1 atom stereocenters. The number of hydrogen-bond acceptors (Lipinski definition) is 3. The average Bonchev–Trinajstić information content (AvgIpc) is 2.47. The van der Waals surface area contributed by atoms with Crippen LogP contribution in [0.3, 0.4) is 0 Å². The van der Waals surface area contributed by atoms with Gasteiger partial charge in [0, 0.05) is 5.02 Å². The lowest BCUT2D eigenvalue weighted by molar-refractivity contribution is 0.0813. The summed E-state index contributed by atoms with van der Waals surface area (Å²) in [4.78, 5) is 12.3. The van der Waals surface area contributed by atoms with Gasteiger partial charge in [0.05, 0.1) is 12.7 Å².